The highest BCUT2D eigenvalue weighted by Crippen LogP contribution is 2.29. The molecule has 3 aromatic carbocycles. The molecule has 5 rings (SSSR count). The highest BCUT2D eigenvalue weighted by atomic mass is 32.2. The van der Waals surface area contributed by atoms with Crippen molar-refractivity contribution in [1.29, 1.82) is 0 Å². The van der Waals surface area contributed by atoms with Crippen LogP contribution < -0.4 is 10.0 Å². The van der Waals surface area contributed by atoms with Crippen LogP contribution in [-0.4, -0.2) is 38.2 Å². The molecule has 0 aliphatic rings. The van der Waals surface area contributed by atoms with Crippen LogP contribution in [0.3, 0.4) is 0 Å². The lowest BCUT2D eigenvalue weighted by Crippen LogP contribution is -2.16. The quantitative estimate of drug-likeness (QED) is 0.331. The molecule has 0 unspecified atom stereocenters. The second-order valence-electron chi connectivity index (χ2n) is 6.91. The van der Waals surface area contributed by atoms with Crippen molar-refractivity contribution in [3.05, 3.63) is 72.3 Å². The van der Waals surface area contributed by atoms with Crippen LogP contribution in [0.4, 0.5) is 17.3 Å². The summed E-state index contributed by atoms with van der Waals surface area (Å²) < 4.78 is 37.2. The number of nitrogens with one attached hydrogen (secondary N) is 2. The number of carboxylic acids is 1. The number of carbonyl (C=O) groups is 1. The van der Waals surface area contributed by atoms with Gasteiger partial charge < -0.3 is 10.4 Å². The number of para-hydroxylation sites is 2. The first-order valence-electron chi connectivity index (χ1n) is 9.52. The van der Waals surface area contributed by atoms with Crippen molar-refractivity contribution in [2.75, 3.05) is 10.0 Å². The number of aromatic nitrogens is 4. The first-order chi connectivity index (χ1) is 15.9. The van der Waals surface area contributed by atoms with E-state index in [-0.39, 0.29) is 27.6 Å². The maximum absolute atomic E-state index is 13.2. The van der Waals surface area contributed by atoms with Crippen molar-refractivity contribution in [3.8, 4) is 0 Å². The summed E-state index contributed by atoms with van der Waals surface area (Å²) in [5.41, 5.74) is 2.42. The number of rotatable bonds is 6. The fraction of sp³-hybridized carbons (Fsp3) is 0. The zero-order chi connectivity index (χ0) is 23.0. The second kappa shape index (κ2) is 8.07. The number of aromatic carboxylic acids is 1. The van der Waals surface area contributed by atoms with Gasteiger partial charge in [0.15, 0.2) is 11.6 Å². The van der Waals surface area contributed by atoms with Crippen LogP contribution in [0.5, 0.6) is 0 Å². The number of hydrogen-bond acceptors (Lipinski definition) is 9. The normalized spacial score (nSPS) is 11.5. The summed E-state index contributed by atoms with van der Waals surface area (Å²) in [5, 5.41) is 12.1. The molecule has 0 spiro atoms. The Labute approximate surface area is 191 Å². The fourth-order valence-corrected chi connectivity index (χ4v) is 4.95. The van der Waals surface area contributed by atoms with Crippen LogP contribution in [0, 0.1) is 0 Å². The lowest BCUT2D eigenvalue weighted by Gasteiger charge is -2.14. The third-order valence-electron chi connectivity index (χ3n) is 4.73. The van der Waals surface area contributed by atoms with E-state index in [1.807, 2.05) is 0 Å². The Bertz CT molecular complexity index is 1620. The summed E-state index contributed by atoms with van der Waals surface area (Å²) >= 11 is 0.925. The minimum Gasteiger partial charge on any atom is -0.478 e. The molecule has 0 radical (unpaired) electrons. The predicted molar refractivity (Wildman–Crippen MR) is 124 cm³/mol. The molecule has 0 saturated heterocycles. The van der Waals surface area contributed by atoms with E-state index in [1.165, 1.54) is 18.2 Å². The van der Waals surface area contributed by atoms with Gasteiger partial charge >= 0.3 is 5.97 Å². The van der Waals surface area contributed by atoms with Crippen molar-refractivity contribution in [3.63, 3.8) is 0 Å². The third kappa shape index (κ3) is 4.04. The van der Waals surface area contributed by atoms with Gasteiger partial charge in [0.05, 0.1) is 28.3 Å². The summed E-state index contributed by atoms with van der Waals surface area (Å²) in [6, 6.07) is 17.7. The number of sulfonamides is 1. The van der Waals surface area contributed by atoms with Crippen molar-refractivity contribution < 1.29 is 18.3 Å². The average molecular weight is 479 g/mol. The lowest BCUT2D eigenvalue weighted by atomic mass is 10.2. The molecule has 0 bridgehead atoms. The van der Waals surface area contributed by atoms with Gasteiger partial charge in [0.1, 0.15) is 15.9 Å². The lowest BCUT2D eigenvalue weighted by molar-refractivity contribution is 0.0697. The van der Waals surface area contributed by atoms with E-state index in [0.717, 1.165) is 11.7 Å². The Morgan fingerprint density at radius 3 is 2.18 bits per heavy atom. The van der Waals surface area contributed by atoms with Crippen LogP contribution in [0.1, 0.15) is 10.4 Å². The molecular weight excluding hydrogens is 464 g/mol. The number of hydrogen-bond donors (Lipinski definition) is 3. The van der Waals surface area contributed by atoms with Crippen LogP contribution >= 0.6 is 11.7 Å². The van der Waals surface area contributed by atoms with Gasteiger partial charge in [-0.3, -0.25) is 4.72 Å². The van der Waals surface area contributed by atoms with Gasteiger partial charge in [-0.25, -0.2) is 23.2 Å². The van der Waals surface area contributed by atoms with Crippen LogP contribution in [0.25, 0.3) is 22.1 Å². The number of fused-ring (bicyclic) bond motifs is 2. The zero-order valence-electron chi connectivity index (χ0n) is 16.6. The number of benzene rings is 3. The average Bonchev–Trinajstić information content (AvgIpc) is 3.28. The van der Waals surface area contributed by atoms with Crippen molar-refractivity contribution >= 4 is 67.1 Å². The maximum atomic E-state index is 13.2. The summed E-state index contributed by atoms with van der Waals surface area (Å²) in [7, 11) is -4.08. The fourth-order valence-electron chi connectivity index (χ4n) is 3.17. The Morgan fingerprint density at radius 1 is 0.818 bits per heavy atom. The highest BCUT2D eigenvalue weighted by Gasteiger charge is 2.23. The number of carboxylic acid groups (broad SMARTS) is 1. The topological polar surface area (TPSA) is 147 Å². The van der Waals surface area contributed by atoms with Crippen LogP contribution in [0.2, 0.25) is 0 Å². The maximum Gasteiger partial charge on any atom is 0.335 e. The molecule has 2 heterocycles. The minimum atomic E-state index is -4.08. The van der Waals surface area contributed by atoms with E-state index in [1.54, 1.807) is 48.5 Å². The predicted octanol–water partition coefficient (Wildman–Crippen LogP) is 3.88. The van der Waals surface area contributed by atoms with Gasteiger partial charge in [0, 0.05) is 5.69 Å². The summed E-state index contributed by atoms with van der Waals surface area (Å²) in [6.45, 7) is 0. The first-order valence-corrected chi connectivity index (χ1v) is 11.7. The molecule has 0 aliphatic carbocycles. The smallest absolute Gasteiger partial charge is 0.335 e. The largest absolute Gasteiger partial charge is 0.478 e. The number of anilines is 3. The minimum absolute atomic E-state index is 0.0174. The molecule has 12 heteroatoms. The van der Waals surface area contributed by atoms with Crippen molar-refractivity contribution in [1.82, 2.24) is 18.7 Å². The molecule has 5 aromatic rings. The van der Waals surface area contributed by atoms with Crippen LogP contribution in [-0.2, 0) is 10.0 Å². The molecule has 0 fully saturated rings. The van der Waals surface area contributed by atoms with Crippen molar-refractivity contribution in [2.45, 2.75) is 4.90 Å². The molecule has 10 nitrogen and oxygen atoms in total. The monoisotopic (exact) mass is 478 g/mol. The Kier molecular flexibility index (Phi) is 5.07. The van der Waals surface area contributed by atoms with Gasteiger partial charge in [-0.05, 0) is 48.5 Å². The molecule has 2 aromatic heterocycles. The molecule has 0 saturated carbocycles. The Morgan fingerprint density at radius 2 is 1.48 bits per heavy atom. The molecule has 0 amide bonds. The Hall–Kier alpha value is -4.16. The van der Waals surface area contributed by atoms with E-state index in [2.05, 4.69) is 28.8 Å². The highest BCUT2D eigenvalue weighted by molar-refractivity contribution is 7.93. The Balaban J connectivity index is 1.58. The molecular formula is C21H14N6O4S2. The van der Waals surface area contributed by atoms with Gasteiger partial charge in [-0.15, -0.1) is 0 Å². The summed E-state index contributed by atoms with van der Waals surface area (Å²) in [6.07, 6.45) is 0. The van der Waals surface area contributed by atoms with Gasteiger partial charge in [0.2, 0.25) is 0 Å². The van der Waals surface area contributed by atoms with Gasteiger partial charge in [-0.2, -0.15) is 8.75 Å². The number of nitrogens with zero attached hydrogens (tertiary/aromatic N) is 4. The summed E-state index contributed by atoms with van der Waals surface area (Å²) in [4.78, 5) is 20.0. The van der Waals surface area contributed by atoms with E-state index >= 15 is 0 Å². The molecule has 33 heavy (non-hydrogen) atoms. The van der Waals surface area contributed by atoms with Crippen LogP contribution in [0.15, 0.2) is 71.6 Å². The third-order valence-corrected chi connectivity index (χ3v) is 6.65. The van der Waals surface area contributed by atoms with Gasteiger partial charge in [-0.1, -0.05) is 18.2 Å². The molecule has 164 valence electrons. The van der Waals surface area contributed by atoms with E-state index < -0.39 is 16.0 Å². The SMILES string of the molecule is O=C(O)c1ccc(Nc2nc3ccccc3nc2NS(=O)(=O)c2cccc3nsnc23)cc1. The standard InChI is InChI=1S/C21H14N6O4S2/c28-21(29)12-8-10-13(11-9-12)22-19-20(24-15-5-2-1-4-14(15)23-19)27-33(30,31)17-7-3-6-16-18(17)26-32-25-16/h1-11H,(H,22,23)(H,24,27)(H,28,29). The first kappa shape index (κ1) is 20.7. The van der Waals surface area contributed by atoms with E-state index in [4.69, 9.17) is 5.11 Å². The second-order valence-corrected chi connectivity index (χ2v) is 9.09. The van der Waals surface area contributed by atoms with Crippen molar-refractivity contribution in [2.24, 2.45) is 0 Å². The molecule has 3 N–H and O–H groups in total. The molecule has 0 aliphatic heterocycles. The zero-order valence-corrected chi connectivity index (χ0v) is 18.3. The van der Waals surface area contributed by atoms with Gasteiger partial charge in [0.25, 0.3) is 10.0 Å². The van der Waals surface area contributed by atoms with E-state index in [9.17, 15) is 13.2 Å². The molecule has 0 atom stereocenters. The van der Waals surface area contributed by atoms with E-state index in [0.29, 0.717) is 22.2 Å². The summed E-state index contributed by atoms with van der Waals surface area (Å²) in [5.74, 6) is -0.911.